The van der Waals surface area contributed by atoms with Crippen molar-refractivity contribution >= 4 is 22.5 Å². The number of carbonyl (C=O) groups is 1. The summed E-state index contributed by atoms with van der Waals surface area (Å²) in [7, 11) is 0. The monoisotopic (exact) mass is 493 g/mol. The molecule has 37 heavy (non-hydrogen) atoms. The molecule has 1 saturated carbocycles. The van der Waals surface area contributed by atoms with Crippen molar-refractivity contribution in [3.63, 3.8) is 0 Å². The number of H-pyrrole nitrogens is 1. The minimum atomic E-state index is -0.168. The van der Waals surface area contributed by atoms with E-state index in [0.29, 0.717) is 23.6 Å². The third-order valence-corrected chi connectivity index (χ3v) is 8.36. The molecule has 2 aliphatic heterocycles. The van der Waals surface area contributed by atoms with E-state index in [0.717, 1.165) is 66.4 Å². The molecule has 188 valence electrons. The molecule has 2 unspecified atom stereocenters. The number of pyridine rings is 1. The Balaban J connectivity index is 1.14. The number of piperidine rings is 1. The van der Waals surface area contributed by atoms with Crippen LogP contribution in [0.25, 0.3) is 22.2 Å². The van der Waals surface area contributed by atoms with E-state index in [4.69, 9.17) is 0 Å². The SMILES string of the molecule is O=C(N[C@H](c1ccccn1)C1CC1)c1ccc2[nH]nc(-c3ccc(N4C5CCC4CC(O)C5)cc3)c2c1. The summed E-state index contributed by atoms with van der Waals surface area (Å²) in [4.78, 5) is 20.3. The van der Waals surface area contributed by atoms with Crippen molar-refractivity contribution < 1.29 is 9.90 Å². The quantitative estimate of drug-likeness (QED) is 0.352. The summed E-state index contributed by atoms with van der Waals surface area (Å²) in [6, 6.07) is 20.9. The van der Waals surface area contributed by atoms with E-state index in [2.05, 4.69) is 49.7 Å². The van der Waals surface area contributed by atoms with Crippen LogP contribution in [0.1, 0.15) is 60.6 Å². The average Bonchev–Trinajstić information content (AvgIpc) is 3.62. The molecule has 1 amide bonds. The van der Waals surface area contributed by atoms with Crippen molar-refractivity contribution in [2.45, 2.75) is 62.8 Å². The van der Waals surface area contributed by atoms with Crippen LogP contribution < -0.4 is 10.2 Å². The van der Waals surface area contributed by atoms with Crippen molar-refractivity contribution in [2.75, 3.05) is 4.90 Å². The fraction of sp³-hybridized carbons (Fsp3) is 0.367. The van der Waals surface area contributed by atoms with E-state index in [9.17, 15) is 9.90 Å². The highest BCUT2D eigenvalue weighted by molar-refractivity contribution is 6.01. The fourth-order valence-electron chi connectivity index (χ4n) is 6.38. The van der Waals surface area contributed by atoms with E-state index in [1.807, 2.05) is 36.4 Å². The standard InChI is InChI=1S/C30H31N5O2/c36-24-16-22-11-12-23(17-24)35(22)21-9-6-18(7-10-21)28-25-15-20(8-13-26(25)33-34-28)30(37)32-29(19-4-5-19)27-3-1-2-14-31-27/h1-3,6-10,13-15,19,22-24,29,36H,4-5,11-12,16-17H2,(H,32,37)(H,33,34)/t22?,23?,24?,29-/m0/s1. The number of aromatic nitrogens is 3. The molecule has 2 saturated heterocycles. The van der Waals surface area contributed by atoms with Gasteiger partial charge < -0.3 is 15.3 Å². The second-order valence-corrected chi connectivity index (χ2v) is 10.8. The summed E-state index contributed by atoms with van der Waals surface area (Å²) >= 11 is 0. The lowest BCUT2D eigenvalue weighted by atomic mass is 9.98. The Morgan fingerprint density at radius 3 is 2.49 bits per heavy atom. The first-order valence-electron chi connectivity index (χ1n) is 13.4. The number of aliphatic hydroxyl groups excluding tert-OH is 1. The number of rotatable bonds is 6. The van der Waals surface area contributed by atoms with Crippen LogP contribution in [0.4, 0.5) is 5.69 Å². The summed E-state index contributed by atoms with van der Waals surface area (Å²) in [6.45, 7) is 0. The molecule has 3 aliphatic rings. The average molecular weight is 494 g/mol. The topological polar surface area (TPSA) is 94.1 Å². The van der Waals surface area contributed by atoms with Crippen LogP contribution in [0.15, 0.2) is 66.9 Å². The van der Waals surface area contributed by atoms with Crippen LogP contribution in [0.2, 0.25) is 0 Å². The summed E-state index contributed by atoms with van der Waals surface area (Å²) < 4.78 is 0. The number of hydrogen-bond acceptors (Lipinski definition) is 5. The number of anilines is 1. The van der Waals surface area contributed by atoms with Crippen LogP contribution in [0.5, 0.6) is 0 Å². The Morgan fingerprint density at radius 1 is 1.00 bits per heavy atom. The largest absolute Gasteiger partial charge is 0.393 e. The van der Waals surface area contributed by atoms with Crippen LogP contribution in [0.3, 0.4) is 0 Å². The van der Waals surface area contributed by atoms with Gasteiger partial charge in [-0.15, -0.1) is 0 Å². The molecule has 2 bridgehead atoms. The number of nitrogens with one attached hydrogen (secondary N) is 2. The third-order valence-electron chi connectivity index (χ3n) is 8.36. The van der Waals surface area contributed by atoms with Crippen LogP contribution in [-0.2, 0) is 0 Å². The Hall–Kier alpha value is -3.71. The van der Waals surface area contributed by atoms with Crippen molar-refractivity contribution in [3.05, 3.63) is 78.1 Å². The summed E-state index contributed by atoms with van der Waals surface area (Å²) in [5.74, 6) is 0.360. The number of amides is 1. The van der Waals surface area contributed by atoms with Crippen LogP contribution >= 0.6 is 0 Å². The fourth-order valence-corrected chi connectivity index (χ4v) is 6.38. The smallest absolute Gasteiger partial charge is 0.251 e. The minimum absolute atomic E-state index is 0.0630. The Labute approximate surface area is 215 Å². The van der Waals surface area contributed by atoms with E-state index in [-0.39, 0.29) is 18.1 Å². The van der Waals surface area contributed by atoms with E-state index in [1.165, 1.54) is 5.69 Å². The minimum Gasteiger partial charge on any atom is -0.393 e. The molecule has 7 heteroatoms. The normalized spacial score (nSPS) is 23.8. The number of nitrogens with zero attached hydrogens (tertiary/aromatic N) is 3. The van der Waals surface area contributed by atoms with Gasteiger partial charge in [0.05, 0.1) is 29.1 Å². The van der Waals surface area contributed by atoms with Crippen molar-refractivity contribution in [2.24, 2.45) is 5.92 Å². The van der Waals surface area contributed by atoms with Crippen molar-refractivity contribution in [3.8, 4) is 11.3 Å². The highest BCUT2D eigenvalue weighted by Crippen LogP contribution is 2.41. The maximum Gasteiger partial charge on any atom is 0.251 e. The lowest BCUT2D eigenvalue weighted by Gasteiger charge is -2.39. The van der Waals surface area contributed by atoms with Gasteiger partial charge in [0.2, 0.25) is 0 Å². The van der Waals surface area contributed by atoms with Crippen molar-refractivity contribution in [1.82, 2.24) is 20.5 Å². The van der Waals surface area contributed by atoms with E-state index >= 15 is 0 Å². The maximum absolute atomic E-state index is 13.3. The molecule has 4 heterocycles. The highest BCUT2D eigenvalue weighted by Gasteiger charge is 2.40. The van der Waals surface area contributed by atoms with Gasteiger partial charge in [0, 0.05) is 40.5 Å². The number of fused-ring (bicyclic) bond motifs is 3. The highest BCUT2D eigenvalue weighted by atomic mass is 16.3. The molecule has 7 rings (SSSR count). The zero-order chi connectivity index (χ0) is 24.9. The van der Waals surface area contributed by atoms with Gasteiger partial charge in [-0.1, -0.05) is 18.2 Å². The Kier molecular flexibility index (Phi) is 5.47. The number of aromatic amines is 1. The third kappa shape index (κ3) is 4.17. The molecule has 2 aromatic carbocycles. The van der Waals surface area contributed by atoms with E-state index in [1.54, 1.807) is 6.20 Å². The lowest BCUT2D eigenvalue weighted by Crippen LogP contribution is -2.44. The molecule has 3 N–H and O–H groups in total. The Bertz CT molecular complexity index is 1420. The second kappa shape index (κ2) is 8.99. The molecule has 3 fully saturated rings. The molecule has 1 aliphatic carbocycles. The zero-order valence-electron chi connectivity index (χ0n) is 20.7. The predicted molar refractivity (Wildman–Crippen MR) is 143 cm³/mol. The first-order valence-corrected chi connectivity index (χ1v) is 13.4. The van der Waals surface area contributed by atoms with Crippen molar-refractivity contribution in [1.29, 1.82) is 0 Å². The van der Waals surface area contributed by atoms with Gasteiger partial charge >= 0.3 is 0 Å². The summed E-state index contributed by atoms with van der Waals surface area (Å²) in [5, 5.41) is 22.0. The van der Waals surface area contributed by atoms with Gasteiger partial charge in [0.25, 0.3) is 5.91 Å². The molecule has 7 nitrogen and oxygen atoms in total. The molecule has 0 radical (unpaired) electrons. The Morgan fingerprint density at radius 2 is 1.78 bits per heavy atom. The van der Waals surface area contributed by atoms with Gasteiger partial charge in [-0.25, -0.2) is 0 Å². The van der Waals surface area contributed by atoms with Gasteiger partial charge in [-0.3, -0.25) is 14.9 Å². The molecule has 2 aromatic heterocycles. The van der Waals surface area contributed by atoms with Gasteiger partial charge in [0.1, 0.15) is 0 Å². The lowest BCUT2D eigenvalue weighted by molar-refractivity contribution is 0.0930. The molecule has 3 atom stereocenters. The van der Waals surface area contributed by atoms with Gasteiger partial charge in [0.15, 0.2) is 0 Å². The second-order valence-electron chi connectivity index (χ2n) is 10.8. The number of hydrogen-bond donors (Lipinski definition) is 3. The van der Waals surface area contributed by atoms with Crippen LogP contribution in [0, 0.1) is 5.92 Å². The first kappa shape index (κ1) is 22.5. The van der Waals surface area contributed by atoms with Gasteiger partial charge in [-0.05, 0) is 86.9 Å². The van der Waals surface area contributed by atoms with E-state index < -0.39 is 0 Å². The molecule has 0 spiro atoms. The number of carbonyl (C=O) groups excluding carboxylic acids is 1. The number of benzene rings is 2. The number of aliphatic hydroxyl groups is 1. The first-order chi connectivity index (χ1) is 18.1. The summed E-state index contributed by atoms with van der Waals surface area (Å²) in [6.07, 6.45) is 7.86. The summed E-state index contributed by atoms with van der Waals surface area (Å²) in [5.41, 5.74) is 5.51. The molecular weight excluding hydrogens is 462 g/mol. The predicted octanol–water partition coefficient (Wildman–Crippen LogP) is 5.00. The molecule has 4 aromatic rings. The van der Waals surface area contributed by atoms with Gasteiger partial charge in [-0.2, -0.15) is 5.10 Å². The van der Waals surface area contributed by atoms with Crippen LogP contribution in [-0.4, -0.2) is 44.4 Å². The maximum atomic E-state index is 13.3. The zero-order valence-corrected chi connectivity index (χ0v) is 20.7. The molecular formula is C30H31N5O2.